The third-order valence-corrected chi connectivity index (χ3v) is 2.77. The van der Waals surface area contributed by atoms with Crippen LogP contribution in [0.4, 0.5) is 0 Å². The number of carbonyl (C=O) groups is 1. The Hall–Kier alpha value is -1.75. The van der Waals surface area contributed by atoms with Gasteiger partial charge >= 0.3 is 5.97 Å². The third kappa shape index (κ3) is 3.37. The smallest absolute Gasteiger partial charge is 0.344 e. The lowest BCUT2D eigenvalue weighted by molar-refractivity contribution is -0.144. The van der Waals surface area contributed by atoms with Gasteiger partial charge in [-0.05, 0) is 38.6 Å². The minimum absolute atomic E-state index is 0.185. The van der Waals surface area contributed by atoms with Crippen LogP contribution < -0.4 is 14.8 Å². The van der Waals surface area contributed by atoms with Gasteiger partial charge in [0.2, 0.25) is 0 Å². The van der Waals surface area contributed by atoms with Gasteiger partial charge in [-0.1, -0.05) is 6.07 Å². The molecule has 0 aliphatic rings. The predicted molar refractivity (Wildman–Crippen MR) is 68.2 cm³/mol. The van der Waals surface area contributed by atoms with Crippen LogP contribution in [0.2, 0.25) is 0 Å². The van der Waals surface area contributed by atoms with Crippen LogP contribution in [0.5, 0.6) is 11.5 Å². The second kappa shape index (κ2) is 6.26. The molecule has 0 heterocycles. The van der Waals surface area contributed by atoms with Crippen LogP contribution in [0.25, 0.3) is 0 Å². The summed E-state index contributed by atoms with van der Waals surface area (Å²) in [5.41, 5.74) is 1.05. The number of carboxylic acids is 1. The van der Waals surface area contributed by atoms with E-state index < -0.39 is 12.1 Å². The first-order chi connectivity index (χ1) is 8.49. The van der Waals surface area contributed by atoms with E-state index in [0.29, 0.717) is 11.5 Å². The quantitative estimate of drug-likeness (QED) is 0.809. The molecule has 0 aromatic heterocycles. The molecule has 2 atom stereocenters. The maximum Gasteiger partial charge on any atom is 0.344 e. The van der Waals surface area contributed by atoms with E-state index in [1.165, 1.54) is 14.0 Å². The maximum atomic E-state index is 10.7. The van der Waals surface area contributed by atoms with E-state index in [9.17, 15) is 4.79 Å². The highest BCUT2D eigenvalue weighted by atomic mass is 16.5. The summed E-state index contributed by atoms with van der Waals surface area (Å²) in [6, 6.07) is 5.63. The molecule has 1 rings (SSSR count). The minimum atomic E-state index is -1.01. The largest absolute Gasteiger partial charge is 0.493 e. The van der Waals surface area contributed by atoms with Crippen LogP contribution in [0.3, 0.4) is 0 Å². The molecule has 100 valence electrons. The first-order valence-corrected chi connectivity index (χ1v) is 5.74. The van der Waals surface area contributed by atoms with Crippen LogP contribution in [-0.2, 0) is 4.79 Å². The summed E-state index contributed by atoms with van der Waals surface area (Å²) < 4.78 is 10.5. The van der Waals surface area contributed by atoms with Crippen LogP contribution in [0.1, 0.15) is 25.5 Å². The van der Waals surface area contributed by atoms with Crippen molar-refractivity contribution < 1.29 is 19.4 Å². The summed E-state index contributed by atoms with van der Waals surface area (Å²) in [7, 11) is 3.40. The summed E-state index contributed by atoms with van der Waals surface area (Å²) in [6.45, 7) is 3.50. The highest BCUT2D eigenvalue weighted by Gasteiger charge is 2.16. The summed E-state index contributed by atoms with van der Waals surface area (Å²) >= 11 is 0. The molecular formula is C13H19NO4. The fourth-order valence-corrected chi connectivity index (χ4v) is 1.46. The van der Waals surface area contributed by atoms with Crippen molar-refractivity contribution >= 4 is 5.97 Å². The van der Waals surface area contributed by atoms with Gasteiger partial charge in [0.05, 0.1) is 7.11 Å². The zero-order valence-electron chi connectivity index (χ0n) is 11.1. The van der Waals surface area contributed by atoms with Gasteiger partial charge in [-0.15, -0.1) is 0 Å². The van der Waals surface area contributed by atoms with Crippen molar-refractivity contribution in [3.63, 3.8) is 0 Å². The lowest BCUT2D eigenvalue weighted by Crippen LogP contribution is -2.23. The number of ether oxygens (including phenoxy) is 2. The summed E-state index contributed by atoms with van der Waals surface area (Å²) in [5.74, 6) is -0.0492. The van der Waals surface area contributed by atoms with Gasteiger partial charge in [0.15, 0.2) is 17.6 Å². The molecule has 0 saturated heterocycles. The number of nitrogens with one attached hydrogen (secondary N) is 1. The van der Waals surface area contributed by atoms with Crippen molar-refractivity contribution in [1.82, 2.24) is 5.32 Å². The first kappa shape index (κ1) is 14.3. The lowest BCUT2D eigenvalue weighted by atomic mass is 10.1. The molecule has 1 aromatic carbocycles. The number of methoxy groups -OCH3 is 1. The number of rotatable bonds is 6. The fraction of sp³-hybridized carbons (Fsp3) is 0.462. The first-order valence-electron chi connectivity index (χ1n) is 5.74. The van der Waals surface area contributed by atoms with Gasteiger partial charge in [-0.2, -0.15) is 0 Å². The van der Waals surface area contributed by atoms with E-state index >= 15 is 0 Å². The summed E-state index contributed by atoms with van der Waals surface area (Å²) in [6.07, 6.45) is -0.911. The second-order valence-electron chi connectivity index (χ2n) is 4.02. The molecule has 0 aliphatic carbocycles. The van der Waals surface area contributed by atoms with Crippen molar-refractivity contribution in [2.75, 3.05) is 14.2 Å². The average molecular weight is 253 g/mol. The van der Waals surface area contributed by atoms with E-state index in [2.05, 4.69) is 5.32 Å². The van der Waals surface area contributed by atoms with Gasteiger partial charge in [0.25, 0.3) is 0 Å². The Balaban J connectivity index is 2.96. The SMILES string of the molecule is CNC(C)c1ccc(OC(C)C(=O)O)c(OC)c1. The van der Waals surface area contributed by atoms with E-state index in [4.69, 9.17) is 14.6 Å². The Bertz CT molecular complexity index is 419. The molecule has 0 amide bonds. The molecule has 0 saturated carbocycles. The van der Waals surface area contributed by atoms with Crippen molar-refractivity contribution in [3.8, 4) is 11.5 Å². The molecule has 0 aliphatic heterocycles. The molecule has 0 spiro atoms. The highest BCUT2D eigenvalue weighted by Crippen LogP contribution is 2.30. The van der Waals surface area contributed by atoms with E-state index in [1.807, 2.05) is 26.1 Å². The number of aliphatic carboxylic acids is 1. The Kier molecular flexibility index (Phi) is 4.97. The monoisotopic (exact) mass is 253 g/mol. The van der Waals surface area contributed by atoms with Crippen molar-refractivity contribution in [2.24, 2.45) is 0 Å². The Morgan fingerprint density at radius 1 is 1.33 bits per heavy atom. The molecule has 2 N–H and O–H groups in total. The number of hydrogen-bond acceptors (Lipinski definition) is 4. The van der Waals surface area contributed by atoms with E-state index in [1.54, 1.807) is 6.07 Å². The predicted octanol–water partition coefficient (Wildman–Crippen LogP) is 1.83. The van der Waals surface area contributed by atoms with Gasteiger partial charge in [-0.3, -0.25) is 0 Å². The number of hydrogen-bond donors (Lipinski definition) is 2. The fourth-order valence-electron chi connectivity index (χ4n) is 1.46. The van der Waals surface area contributed by atoms with Gasteiger partial charge in [-0.25, -0.2) is 4.79 Å². The van der Waals surface area contributed by atoms with Crippen molar-refractivity contribution in [2.45, 2.75) is 26.0 Å². The molecule has 5 nitrogen and oxygen atoms in total. The van der Waals surface area contributed by atoms with Crippen LogP contribution >= 0.6 is 0 Å². The molecule has 2 unspecified atom stereocenters. The zero-order valence-corrected chi connectivity index (χ0v) is 11.1. The number of benzene rings is 1. The van der Waals surface area contributed by atoms with Crippen LogP contribution in [-0.4, -0.2) is 31.3 Å². The standard InChI is InChI=1S/C13H19NO4/c1-8(14-3)10-5-6-11(12(7-10)17-4)18-9(2)13(15)16/h5-9,14H,1-4H3,(H,15,16). The van der Waals surface area contributed by atoms with Crippen molar-refractivity contribution in [1.29, 1.82) is 0 Å². The molecule has 0 bridgehead atoms. The average Bonchev–Trinajstić information content (AvgIpc) is 2.37. The van der Waals surface area contributed by atoms with E-state index in [0.717, 1.165) is 5.56 Å². The summed E-state index contributed by atoms with van der Waals surface area (Å²) in [4.78, 5) is 10.7. The Morgan fingerprint density at radius 2 is 2.00 bits per heavy atom. The number of carboxylic acid groups (broad SMARTS) is 1. The molecule has 0 radical (unpaired) electrons. The molecule has 1 aromatic rings. The molecule has 5 heteroatoms. The van der Waals surface area contributed by atoms with Gasteiger partial charge in [0, 0.05) is 6.04 Å². The Morgan fingerprint density at radius 3 is 2.50 bits per heavy atom. The molecular weight excluding hydrogens is 234 g/mol. The second-order valence-corrected chi connectivity index (χ2v) is 4.02. The van der Waals surface area contributed by atoms with Crippen LogP contribution in [0, 0.1) is 0 Å². The lowest BCUT2D eigenvalue weighted by Gasteiger charge is -2.17. The zero-order chi connectivity index (χ0) is 13.7. The van der Waals surface area contributed by atoms with Gasteiger partial charge < -0.3 is 19.9 Å². The minimum Gasteiger partial charge on any atom is -0.493 e. The summed E-state index contributed by atoms with van der Waals surface area (Å²) in [5, 5.41) is 11.9. The maximum absolute atomic E-state index is 10.7. The highest BCUT2D eigenvalue weighted by molar-refractivity contribution is 5.72. The van der Waals surface area contributed by atoms with E-state index in [-0.39, 0.29) is 6.04 Å². The molecule has 0 fully saturated rings. The topological polar surface area (TPSA) is 67.8 Å². The Labute approximate surface area is 107 Å². The van der Waals surface area contributed by atoms with Gasteiger partial charge in [0.1, 0.15) is 0 Å². The third-order valence-electron chi connectivity index (χ3n) is 2.77. The van der Waals surface area contributed by atoms with Crippen molar-refractivity contribution in [3.05, 3.63) is 23.8 Å². The normalized spacial score (nSPS) is 13.8. The molecule has 18 heavy (non-hydrogen) atoms. The van der Waals surface area contributed by atoms with Crippen LogP contribution in [0.15, 0.2) is 18.2 Å².